The molecule has 0 aliphatic heterocycles. The monoisotopic (exact) mass is 1000 g/mol. The maximum atomic E-state index is 14.1. The van der Waals surface area contributed by atoms with Crippen molar-refractivity contribution in [2.75, 3.05) is 54.9 Å². The van der Waals surface area contributed by atoms with Gasteiger partial charge in [-0.05, 0) is 79.1 Å². The number of hydrogen-bond acceptors (Lipinski definition) is 14. The molecule has 28 heteroatoms. The molecule has 0 aromatic carbocycles. The highest BCUT2D eigenvalue weighted by atomic mass is 16.3. The summed E-state index contributed by atoms with van der Waals surface area (Å²) in [6.45, 7) is 6.05. The normalized spacial score (nSPS) is 15.9. The number of rotatable bonds is 33. The second-order valence-electron chi connectivity index (χ2n) is 18.4. The Morgan fingerprint density at radius 1 is 0.529 bits per heavy atom. The summed E-state index contributed by atoms with van der Waals surface area (Å²) in [7, 11) is 9.25. The number of nitrogens with two attached hydrogens (primary N) is 6. The van der Waals surface area contributed by atoms with Gasteiger partial charge >= 0.3 is 0 Å². The number of amides is 9. The van der Waals surface area contributed by atoms with Crippen LogP contribution in [0.15, 0.2) is 9.98 Å². The molecule has 9 amide bonds. The number of aliphatic imine (C=N–C) groups is 2. The molecular formula is C42H82N17O11+. The molecular weight excluding hydrogens is 919 g/mol. The fraction of sp³-hybridized carbons (Fsp3) is 0.738. The van der Waals surface area contributed by atoms with Crippen LogP contribution in [-0.4, -0.2) is 200 Å². The van der Waals surface area contributed by atoms with E-state index in [0.29, 0.717) is 23.9 Å². The van der Waals surface area contributed by atoms with E-state index in [2.05, 4.69) is 47.2 Å². The number of quaternary nitrogens is 1. The van der Waals surface area contributed by atoms with Crippen LogP contribution in [0.25, 0.3) is 0 Å². The Kier molecular flexibility index (Phi) is 28.8. The van der Waals surface area contributed by atoms with Gasteiger partial charge in [-0.25, -0.2) is 0 Å². The van der Waals surface area contributed by atoms with Crippen LogP contribution in [0, 0.1) is 0 Å². The van der Waals surface area contributed by atoms with Gasteiger partial charge in [-0.3, -0.25) is 53.1 Å². The Morgan fingerprint density at radius 2 is 0.943 bits per heavy atom. The summed E-state index contributed by atoms with van der Waals surface area (Å²) in [5.41, 5.74) is 33.0. The van der Waals surface area contributed by atoms with Gasteiger partial charge in [0.05, 0.1) is 45.9 Å². The Bertz CT molecular complexity index is 1820. The smallest absolute Gasteiger partial charge is 0.245 e. The third-order valence-corrected chi connectivity index (χ3v) is 10.4. The Labute approximate surface area is 409 Å². The number of carbonyl (C=O) groups is 9. The van der Waals surface area contributed by atoms with Crippen molar-refractivity contribution in [3.63, 3.8) is 0 Å². The first kappa shape index (κ1) is 63.6. The SMILES string of the molecule is C[C@H](N)C(=O)N[C@@H](CCCN=C(N)N(C)C)C(=O)N[C@H](C(=O)N[C@@H](CCCC[N+](C)(C)C)C(=O)N[C@@H](CCC(N)=O)C(=O)N[C@H](C(=O)N[C@@H](C)C(=O)N[C@@H](CCCN=C(N)N)C(N)=O)[C@@H](C)O)[C@@H](C)O. The number of nitrogens with one attached hydrogen (secondary N) is 7. The average Bonchev–Trinajstić information content (AvgIpc) is 3.24. The number of primary amides is 2. The minimum Gasteiger partial charge on any atom is -0.391 e. The molecule has 0 saturated carbocycles. The summed E-state index contributed by atoms with van der Waals surface area (Å²) < 4.78 is 0.571. The molecule has 0 aliphatic rings. The lowest BCUT2D eigenvalue weighted by Crippen LogP contribution is -2.62. The molecule has 0 fully saturated rings. The quantitative estimate of drug-likeness (QED) is 0.0126. The van der Waals surface area contributed by atoms with Crippen molar-refractivity contribution in [3.8, 4) is 0 Å². The summed E-state index contributed by atoms with van der Waals surface area (Å²) in [6.07, 6.45) is -2.46. The second kappa shape index (κ2) is 31.7. The van der Waals surface area contributed by atoms with Gasteiger partial charge in [-0.15, -0.1) is 0 Å². The molecule has 0 spiro atoms. The molecule has 0 aromatic rings. The summed E-state index contributed by atoms with van der Waals surface area (Å²) in [6, 6.07) is -11.2. The largest absolute Gasteiger partial charge is 0.391 e. The molecule has 0 aromatic heterocycles. The van der Waals surface area contributed by atoms with E-state index >= 15 is 0 Å². The highest BCUT2D eigenvalue weighted by molar-refractivity contribution is 5.98. The first-order valence-electron chi connectivity index (χ1n) is 23.0. The van der Waals surface area contributed by atoms with Gasteiger partial charge in [-0.1, -0.05) is 0 Å². The molecule has 0 rings (SSSR count). The minimum atomic E-state index is -1.74. The molecule has 0 aliphatic carbocycles. The van der Waals surface area contributed by atoms with Gasteiger partial charge in [0.1, 0.15) is 42.3 Å². The number of carbonyl (C=O) groups excluding carboxylic acids is 9. The fourth-order valence-corrected chi connectivity index (χ4v) is 6.27. The minimum absolute atomic E-state index is 0.0165. The van der Waals surface area contributed by atoms with E-state index < -0.39 is 127 Å². The van der Waals surface area contributed by atoms with Crippen LogP contribution in [0.1, 0.15) is 85.5 Å². The van der Waals surface area contributed by atoms with Crippen LogP contribution in [-0.2, 0) is 43.2 Å². The summed E-state index contributed by atoms with van der Waals surface area (Å²) in [5.74, 6) is -8.10. The third kappa shape index (κ3) is 26.4. The van der Waals surface area contributed by atoms with Crippen molar-refractivity contribution in [3.05, 3.63) is 0 Å². The predicted octanol–water partition coefficient (Wildman–Crippen LogP) is -7.15. The van der Waals surface area contributed by atoms with Crippen molar-refractivity contribution in [2.24, 2.45) is 44.4 Å². The summed E-state index contributed by atoms with van der Waals surface area (Å²) in [4.78, 5) is 128. The number of unbranched alkanes of at least 4 members (excludes halogenated alkanes) is 1. The van der Waals surface area contributed by atoms with E-state index in [-0.39, 0.29) is 57.1 Å². The van der Waals surface area contributed by atoms with Crippen LogP contribution in [0.4, 0.5) is 0 Å². The molecule has 400 valence electrons. The van der Waals surface area contributed by atoms with E-state index in [0.717, 1.165) is 6.92 Å². The van der Waals surface area contributed by atoms with Gasteiger partial charge in [0.15, 0.2) is 11.9 Å². The standard InChI is InChI=1S/C42H81N17O11/c1-22(43)34(64)53-28(16-13-20-50-42(48)58(5)6)37(67)57-32(25(4)61)40(70)55-27(14-10-11-21-59(7,8)9)36(66)54-29(17-18-30(44)62)38(68)56-31(24(3)60)39(69)51-23(2)35(65)52-26(33(45)63)15-12-19-49-41(46)47/h22-29,31-32,60-61H,10-21,43H2,1-9H3,(H16-,44,45,46,47,48,49,50,51,52,53,54,55,56,57,62,63,64,65,66,67,68,69,70)/p+1/t22-,23-,24+,25+,26-,27-,28-,29-,31-,32-/m0/s1. The van der Waals surface area contributed by atoms with Crippen LogP contribution in [0.2, 0.25) is 0 Å². The number of guanidine groups is 2. The highest BCUT2D eigenvalue weighted by Gasteiger charge is 2.36. The topological polar surface area (TPSA) is 462 Å². The zero-order valence-corrected chi connectivity index (χ0v) is 42.1. The molecule has 70 heavy (non-hydrogen) atoms. The Hall–Kier alpha value is -6.39. The zero-order valence-electron chi connectivity index (χ0n) is 42.1. The Morgan fingerprint density at radius 3 is 1.39 bits per heavy atom. The summed E-state index contributed by atoms with van der Waals surface area (Å²) in [5, 5.41) is 38.5. The molecule has 0 unspecified atom stereocenters. The van der Waals surface area contributed by atoms with E-state index in [1.165, 1.54) is 20.8 Å². The van der Waals surface area contributed by atoms with Gasteiger partial charge in [-0.2, -0.15) is 0 Å². The van der Waals surface area contributed by atoms with E-state index in [9.17, 15) is 53.4 Å². The maximum absolute atomic E-state index is 14.1. The molecule has 21 N–H and O–H groups in total. The fourth-order valence-electron chi connectivity index (χ4n) is 6.27. The van der Waals surface area contributed by atoms with Crippen molar-refractivity contribution in [1.82, 2.24) is 42.1 Å². The molecule has 0 radical (unpaired) electrons. The van der Waals surface area contributed by atoms with E-state index in [1.807, 2.05) is 21.1 Å². The van der Waals surface area contributed by atoms with E-state index in [4.69, 9.17) is 34.4 Å². The summed E-state index contributed by atoms with van der Waals surface area (Å²) >= 11 is 0. The van der Waals surface area contributed by atoms with Crippen molar-refractivity contribution in [1.29, 1.82) is 0 Å². The molecule has 0 heterocycles. The maximum Gasteiger partial charge on any atom is 0.245 e. The molecule has 28 nitrogen and oxygen atoms in total. The second-order valence-corrected chi connectivity index (χ2v) is 18.4. The lowest BCUT2D eigenvalue weighted by Gasteiger charge is -2.29. The van der Waals surface area contributed by atoms with Gasteiger partial charge in [0, 0.05) is 33.6 Å². The van der Waals surface area contributed by atoms with Crippen molar-refractivity contribution >= 4 is 65.1 Å². The first-order chi connectivity index (χ1) is 32.4. The van der Waals surface area contributed by atoms with Crippen LogP contribution < -0.4 is 71.6 Å². The number of aliphatic hydroxyl groups is 2. The lowest BCUT2D eigenvalue weighted by atomic mass is 10.0. The number of hydrogen-bond donors (Lipinski definition) is 15. The number of aliphatic hydroxyl groups excluding tert-OH is 2. The molecule has 0 saturated heterocycles. The van der Waals surface area contributed by atoms with Gasteiger partial charge in [0.25, 0.3) is 0 Å². The highest BCUT2D eigenvalue weighted by Crippen LogP contribution is 2.10. The van der Waals surface area contributed by atoms with Gasteiger partial charge in [0.2, 0.25) is 53.2 Å². The third-order valence-electron chi connectivity index (χ3n) is 10.4. The Balaban J connectivity index is 6.53. The molecule has 0 bridgehead atoms. The van der Waals surface area contributed by atoms with Crippen LogP contribution in [0.3, 0.4) is 0 Å². The van der Waals surface area contributed by atoms with Crippen LogP contribution >= 0.6 is 0 Å². The van der Waals surface area contributed by atoms with E-state index in [1.54, 1.807) is 19.0 Å². The average molecular weight is 1000 g/mol. The zero-order chi connectivity index (χ0) is 54.1. The van der Waals surface area contributed by atoms with Gasteiger partial charge < -0.3 is 91.2 Å². The molecule has 10 atom stereocenters. The van der Waals surface area contributed by atoms with Crippen molar-refractivity contribution < 1.29 is 57.8 Å². The lowest BCUT2D eigenvalue weighted by molar-refractivity contribution is -0.870. The van der Waals surface area contributed by atoms with Crippen LogP contribution in [0.5, 0.6) is 0 Å². The van der Waals surface area contributed by atoms with Crippen molar-refractivity contribution in [2.45, 2.75) is 146 Å². The first-order valence-corrected chi connectivity index (χ1v) is 23.0. The number of nitrogens with zero attached hydrogens (tertiary/aromatic N) is 4. The predicted molar refractivity (Wildman–Crippen MR) is 260 cm³/mol.